The summed E-state index contributed by atoms with van der Waals surface area (Å²) in [6.45, 7) is 4.00. The van der Waals surface area contributed by atoms with E-state index in [1.165, 1.54) is 0 Å². The number of aromatic nitrogens is 2. The van der Waals surface area contributed by atoms with Crippen LogP contribution in [-0.2, 0) is 9.53 Å². The van der Waals surface area contributed by atoms with Crippen molar-refractivity contribution in [3.05, 3.63) is 12.3 Å². The summed E-state index contributed by atoms with van der Waals surface area (Å²) in [4.78, 5) is 26.4. The van der Waals surface area contributed by atoms with E-state index in [1.807, 2.05) is 0 Å². The van der Waals surface area contributed by atoms with E-state index >= 15 is 0 Å². The molecule has 1 aromatic heterocycles. The van der Waals surface area contributed by atoms with Crippen molar-refractivity contribution < 1.29 is 14.3 Å². The zero-order valence-corrected chi connectivity index (χ0v) is 14.8. The van der Waals surface area contributed by atoms with Gasteiger partial charge in [0.25, 0.3) is 0 Å². The number of piperidine rings is 1. The van der Waals surface area contributed by atoms with Crippen molar-refractivity contribution in [1.82, 2.24) is 14.9 Å². The van der Waals surface area contributed by atoms with Crippen LogP contribution in [-0.4, -0.2) is 66.8 Å². The predicted octanol–water partition coefficient (Wildman–Crippen LogP) is 1.48. The van der Waals surface area contributed by atoms with Gasteiger partial charge in [-0.05, 0) is 32.1 Å². The number of rotatable bonds is 3. The second-order valence-corrected chi connectivity index (χ2v) is 7.30. The lowest BCUT2D eigenvalue weighted by Gasteiger charge is -2.40. The van der Waals surface area contributed by atoms with E-state index in [0.29, 0.717) is 30.3 Å². The first-order valence-corrected chi connectivity index (χ1v) is 9.23. The van der Waals surface area contributed by atoms with Gasteiger partial charge in [-0.1, -0.05) is 0 Å². The summed E-state index contributed by atoms with van der Waals surface area (Å²) in [5, 5.41) is 0. The van der Waals surface area contributed by atoms with Gasteiger partial charge in [-0.25, -0.2) is 4.98 Å². The lowest BCUT2D eigenvalue weighted by atomic mass is 9.78. The monoisotopic (exact) mass is 346 g/mol. The minimum Gasteiger partial charge on any atom is -0.481 e. The molecule has 0 N–H and O–H groups in total. The van der Waals surface area contributed by atoms with Gasteiger partial charge in [0.2, 0.25) is 17.7 Å². The molecule has 0 aliphatic carbocycles. The van der Waals surface area contributed by atoms with Gasteiger partial charge in [0.15, 0.2) is 0 Å². The molecule has 1 spiro atoms. The maximum absolute atomic E-state index is 13.3. The third-order valence-corrected chi connectivity index (χ3v) is 5.86. The Balaban J connectivity index is 1.51. The normalized spacial score (nSPS) is 28.0. The SMILES string of the molecule is COc1ccnc(N2CCC[C@@]3(CCN(C4CCOCC4)C3=O)C2)n1. The Morgan fingerprint density at radius 2 is 2.12 bits per heavy atom. The molecular weight excluding hydrogens is 320 g/mol. The second kappa shape index (κ2) is 6.78. The lowest BCUT2D eigenvalue weighted by Crippen LogP contribution is -2.50. The molecule has 7 heteroatoms. The van der Waals surface area contributed by atoms with Gasteiger partial charge in [-0.15, -0.1) is 0 Å². The minimum absolute atomic E-state index is 0.275. The zero-order chi connectivity index (χ0) is 17.3. The van der Waals surface area contributed by atoms with Crippen LogP contribution >= 0.6 is 0 Å². The summed E-state index contributed by atoms with van der Waals surface area (Å²) in [6, 6.07) is 2.10. The Morgan fingerprint density at radius 1 is 1.28 bits per heavy atom. The predicted molar refractivity (Wildman–Crippen MR) is 92.6 cm³/mol. The maximum atomic E-state index is 13.3. The van der Waals surface area contributed by atoms with Crippen molar-refractivity contribution in [3.63, 3.8) is 0 Å². The first kappa shape index (κ1) is 16.6. The molecule has 3 aliphatic heterocycles. The molecule has 7 nitrogen and oxygen atoms in total. The van der Waals surface area contributed by atoms with Crippen LogP contribution in [0.15, 0.2) is 12.3 Å². The van der Waals surface area contributed by atoms with Crippen LogP contribution < -0.4 is 9.64 Å². The second-order valence-electron chi connectivity index (χ2n) is 7.30. The average molecular weight is 346 g/mol. The van der Waals surface area contributed by atoms with Gasteiger partial charge in [-0.2, -0.15) is 4.98 Å². The number of carbonyl (C=O) groups is 1. The van der Waals surface area contributed by atoms with Gasteiger partial charge in [0.1, 0.15) is 0 Å². The molecule has 4 heterocycles. The minimum atomic E-state index is -0.275. The standard InChI is InChI=1S/C18H26N4O3/c1-24-15-3-8-19-17(20-15)21-9-2-6-18(13-21)7-10-22(16(18)23)14-4-11-25-12-5-14/h3,8,14H,2,4-7,9-13H2,1H3/t18-/m1/s1. The number of anilines is 1. The Labute approximate surface area is 148 Å². The van der Waals surface area contributed by atoms with Crippen molar-refractivity contribution >= 4 is 11.9 Å². The van der Waals surface area contributed by atoms with Crippen molar-refractivity contribution in [2.45, 2.75) is 38.1 Å². The topological polar surface area (TPSA) is 67.8 Å². The van der Waals surface area contributed by atoms with Crippen molar-refractivity contribution in [2.24, 2.45) is 5.41 Å². The first-order valence-electron chi connectivity index (χ1n) is 9.23. The van der Waals surface area contributed by atoms with E-state index in [2.05, 4.69) is 19.8 Å². The fourth-order valence-electron chi connectivity index (χ4n) is 4.47. The fraction of sp³-hybridized carbons (Fsp3) is 0.722. The molecule has 3 fully saturated rings. The quantitative estimate of drug-likeness (QED) is 0.826. The van der Waals surface area contributed by atoms with Gasteiger partial charge in [0.05, 0.1) is 12.5 Å². The van der Waals surface area contributed by atoms with Gasteiger partial charge in [0, 0.05) is 51.2 Å². The lowest BCUT2D eigenvalue weighted by molar-refractivity contribution is -0.139. The highest BCUT2D eigenvalue weighted by molar-refractivity contribution is 5.86. The van der Waals surface area contributed by atoms with Crippen molar-refractivity contribution in [2.75, 3.05) is 44.9 Å². The molecule has 1 atom stereocenters. The number of nitrogens with zero attached hydrogens (tertiary/aromatic N) is 4. The third-order valence-electron chi connectivity index (χ3n) is 5.86. The molecule has 0 radical (unpaired) electrons. The molecule has 136 valence electrons. The first-order chi connectivity index (χ1) is 12.2. The number of hydrogen-bond donors (Lipinski definition) is 0. The van der Waals surface area contributed by atoms with E-state index < -0.39 is 0 Å². The Bertz CT molecular complexity index is 635. The largest absolute Gasteiger partial charge is 0.481 e. The number of amides is 1. The van der Waals surface area contributed by atoms with E-state index in [-0.39, 0.29) is 5.41 Å². The smallest absolute Gasteiger partial charge is 0.230 e. The molecule has 0 unspecified atom stereocenters. The average Bonchev–Trinajstić information content (AvgIpc) is 2.98. The van der Waals surface area contributed by atoms with E-state index in [4.69, 9.17) is 9.47 Å². The zero-order valence-electron chi connectivity index (χ0n) is 14.8. The molecule has 1 aromatic rings. The maximum Gasteiger partial charge on any atom is 0.230 e. The molecule has 1 amide bonds. The van der Waals surface area contributed by atoms with Crippen LogP contribution in [0, 0.1) is 5.41 Å². The van der Waals surface area contributed by atoms with Crippen LogP contribution in [0.25, 0.3) is 0 Å². The van der Waals surface area contributed by atoms with E-state index in [1.54, 1.807) is 19.4 Å². The summed E-state index contributed by atoms with van der Waals surface area (Å²) in [7, 11) is 1.61. The Kier molecular flexibility index (Phi) is 4.50. The summed E-state index contributed by atoms with van der Waals surface area (Å²) < 4.78 is 10.7. The van der Waals surface area contributed by atoms with Gasteiger partial charge < -0.3 is 19.3 Å². The number of ether oxygens (including phenoxy) is 2. The summed E-state index contributed by atoms with van der Waals surface area (Å²) >= 11 is 0. The Hall–Kier alpha value is -1.89. The fourth-order valence-corrected chi connectivity index (χ4v) is 4.47. The van der Waals surface area contributed by atoms with Crippen LogP contribution in [0.2, 0.25) is 0 Å². The summed E-state index contributed by atoms with van der Waals surface area (Å²) in [5.74, 6) is 1.55. The molecule has 4 rings (SSSR count). The molecular formula is C18H26N4O3. The number of carbonyl (C=O) groups excluding carboxylic acids is 1. The van der Waals surface area contributed by atoms with E-state index in [9.17, 15) is 4.79 Å². The van der Waals surface area contributed by atoms with Gasteiger partial charge in [-0.3, -0.25) is 4.79 Å². The Morgan fingerprint density at radius 3 is 2.92 bits per heavy atom. The summed E-state index contributed by atoms with van der Waals surface area (Å²) in [5.41, 5.74) is -0.275. The third kappa shape index (κ3) is 3.05. The highest BCUT2D eigenvalue weighted by atomic mass is 16.5. The molecule has 25 heavy (non-hydrogen) atoms. The number of likely N-dealkylation sites (tertiary alicyclic amines) is 1. The highest BCUT2D eigenvalue weighted by Crippen LogP contribution is 2.42. The van der Waals surface area contributed by atoms with Crippen LogP contribution in [0.5, 0.6) is 5.88 Å². The van der Waals surface area contributed by atoms with E-state index in [0.717, 1.165) is 58.4 Å². The van der Waals surface area contributed by atoms with Gasteiger partial charge >= 0.3 is 0 Å². The molecule has 3 saturated heterocycles. The molecule has 0 aromatic carbocycles. The molecule has 0 saturated carbocycles. The number of hydrogen-bond acceptors (Lipinski definition) is 6. The summed E-state index contributed by atoms with van der Waals surface area (Å²) in [6.07, 6.45) is 6.53. The molecule has 3 aliphatic rings. The molecule has 0 bridgehead atoms. The van der Waals surface area contributed by atoms with Crippen LogP contribution in [0.4, 0.5) is 5.95 Å². The highest BCUT2D eigenvalue weighted by Gasteiger charge is 2.50. The van der Waals surface area contributed by atoms with Crippen LogP contribution in [0.1, 0.15) is 32.1 Å². The van der Waals surface area contributed by atoms with Crippen LogP contribution in [0.3, 0.4) is 0 Å². The van der Waals surface area contributed by atoms with Crippen molar-refractivity contribution in [3.8, 4) is 5.88 Å². The number of methoxy groups -OCH3 is 1. The van der Waals surface area contributed by atoms with Crippen molar-refractivity contribution in [1.29, 1.82) is 0 Å².